The molecule has 0 saturated heterocycles. The van der Waals surface area contributed by atoms with Gasteiger partial charge in [0.25, 0.3) is 0 Å². The van der Waals surface area contributed by atoms with Gasteiger partial charge in [0.15, 0.2) is 0 Å². The standard InChI is InChI=1S/C25H27N7O/c1-2-22-26-25(23(33)19-8-4-3-5-9-19)29-32(22)16-17-12-14-18(15-13-17)20-10-6-7-11-21(20)24-27-30-31-28-24/h6-7,10-15,19H,2-5,8-9,16H2,1H3,(H,27,28,30,31). The van der Waals surface area contributed by atoms with Crippen LogP contribution in [0, 0.1) is 5.92 Å². The Balaban J connectivity index is 1.36. The summed E-state index contributed by atoms with van der Waals surface area (Å²) in [4.78, 5) is 17.5. The van der Waals surface area contributed by atoms with E-state index in [0.29, 0.717) is 18.2 Å². The summed E-state index contributed by atoms with van der Waals surface area (Å²) in [6.45, 7) is 2.63. The molecule has 0 radical (unpaired) electrons. The lowest BCUT2D eigenvalue weighted by molar-refractivity contribution is 0.0878. The molecule has 8 nitrogen and oxygen atoms in total. The molecule has 0 bridgehead atoms. The van der Waals surface area contributed by atoms with Crippen LogP contribution in [0.3, 0.4) is 0 Å². The average Bonchev–Trinajstić information content (AvgIpc) is 3.55. The number of Topliss-reactive ketones (excluding diaryl/α,β-unsaturated/α-hetero) is 1. The molecule has 0 spiro atoms. The third-order valence-corrected chi connectivity index (χ3v) is 6.37. The van der Waals surface area contributed by atoms with Crippen molar-refractivity contribution >= 4 is 5.78 Å². The zero-order valence-corrected chi connectivity index (χ0v) is 18.7. The second-order valence-electron chi connectivity index (χ2n) is 8.54. The summed E-state index contributed by atoms with van der Waals surface area (Å²) in [6.07, 6.45) is 6.13. The van der Waals surface area contributed by atoms with Crippen LogP contribution in [0.25, 0.3) is 22.5 Å². The van der Waals surface area contributed by atoms with E-state index in [1.54, 1.807) is 0 Å². The van der Waals surface area contributed by atoms with E-state index in [-0.39, 0.29) is 11.7 Å². The number of ketones is 1. The van der Waals surface area contributed by atoms with E-state index in [9.17, 15) is 4.79 Å². The quantitative estimate of drug-likeness (QED) is 0.424. The normalized spacial score (nSPS) is 14.5. The van der Waals surface area contributed by atoms with Crippen LogP contribution < -0.4 is 0 Å². The Bertz CT molecular complexity index is 1220. The molecule has 1 aliphatic carbocycles. The predicted molar refractivity (Wildman–Crippen MR) is 124 cm³/mol. The molecule has 2 aromatic heterocycles. The Kier molecular flexibility index (Phi) is 6.06. The molecule has 0 aliphatic heterocycles. The van der Waals surface area contributed by atoms with Crippen LogP contribution in [0.15, 0.2) is 48.5 Å². The largest absolute Gasteiger partial charge is 0.290 e. The molecular formula is C25H27N7O. The molecular weight excluding hydrogens is 414 g/mol. The molecule has 4 aromatic rings. The van der Waals surface area contributed by atoms with Gasteiger partial charge in [-0.15, -0.1) is 15.3 Å². The third-order valence-electron chi connectivity index (χ3n) is 6.37. The van der Waals surface area contributed by atoms with E-state index in [1.807, 2.05) is 29.8 Å². The van der Waals surface area contributed by atoms with Crippen LogP contribution in [-0.2, 0) is 13.0 Å². The summed E-state index contributed by atoms with van der Waals surface area (Å²) < 4.78 is 1.87. The number of aryl methyl sites for hydroxylation is 1. The molecule has 0 atom stereocenters. The highest BCUT2D eigenvalue weighted by Gasteiger charge is 2.26. The maximum Gasteiger partial charge on any atom is 0.217 e. The minimum Gasteiger partial charge on any atom is -0.290 e. The lowest BCUT2D eigenvalue weighted by atomic mass is 9.86. The molecule has 1 fully saturated rings. The topological polar surface area (TPSA) is 102 Å². The van der Waals surface area contributed by atoms with Crippen LogP contribution in [0.4, 0.5) is 0 Å². The second kappa shape index (κ2) is 9.44. The molecule has 8 heteroatoms. The third kappa shape index (κ3) is 4.46. The molecule has 1 N–H and O–H groups in total. The van der Waals surface area contributed by atoms with Crippen molar-refractivity contribution in [3.8, 4) is 22.5 Å². The van der Waals surface area contributed by atoms with Crippen LogP contribution in [0.1, 0.15) is 61.0 Å². The van der Waals surface area contributed by atoms with Gasteiger partial charge < -0.3 is 0 Å². The van der Waals surface area contributed by atoms with E-state index < -0.39 is 0 Å². The molecule has 5 rings (SSSR count). The lowest BCUT2D eigenvalue weighted by Crippen LogP contribution is -2.19. The number of hydrogen-bond donors (Lipinski definition) is 1. The van der Waals surface area contributed by atoms with Crippen molar-refractivity contribution < 1.29 is 4.79 Å². The van der Waals surface area contributed by atoms with Crippen molar-refractivity contribution in [2.24, 2.45) is 5.92 Å². The highest BCUT2D eigenvalue weighted by Crippen LogP contribution is 2.30. The predicted octanol–water partition coefficient (Wildman–Crippen LogP) is 4.50. The summed E-state index contributed by atoms with van der Waals surface area (Å²) in [6, 6.07) is 16.4. The summed E-state index contributed by atoms with van der Waals surface area (Å²) >= 11 is 0. The van der Waals surface area contributed by atoms with Gasteiger partial charge in [0.05, 0.1) is 6.54 Å². The van der Waals surface area contributed by atoms with Crippen molar-refractivity contribution in [3.05, 3.63) is 65.7 Å². The van der Waals surface area contributed by atoms with Gasteiger partial charge in [0.1, 0.15) is 5.82 Å². The molecule has 2 heterocycles. The Morgan fingerprint density at radius 1 is 1.03 bits per heavy atom. The van der Waals surface area contributed by atoms with Crippen LogP contribution >= 0.6 is 0 Å². The van der Waals surface area contributed by atoms with Gasteiger partial charge in [-0.05, 0) is 34.7 Å². The second-order valence-corrected chi connectivity index (χ2v) is 8.54. The van der Waals surface area contributed by atoms with Gasteiger partial charge in [-0.2, -0.15) is 5.21 Å². The fraction of sp³-hybridized carbons (Fsp3) is 0.360. The highest BCUT2D eigenvalue weighted by atomic mass is 16.1. The Hall–Kier alpha value is -3.68. The van der Waals surface area contributed by atoms with Crippen LogP contribution in [0.2, 0.25) is 0 Å². The number of carbonyl (C=O) groups is 1. The molecule has 0 amide bonds. The number of hydrogen-bond acceptors (Lipinski definition) is 6. The number of nitrogens with one attached hydrogen (secondary N) is 1. The molecule has 0 unspecified atom stereocenters. The average molecular weight is 442 g/mol. The van der Waals surface area contributed by atoms with E-state index in [4.69, 9.17) is 0 Å². The first-order chi connectivity index (χ1) is 16.2. The summed E-state index contributed by atoms with van der Waals surface area (Å²) in [5.74, 6) is 1.99. The zero-order valence-electron chi connectivity index (χ0n) is 18.7. The lowest BCUT2D eigenvalue weighted by Gasteiger charge is -2.18. The van der Waals surface area contributed by atoms with Crippen LogP contribution in [-0.4, -0.2) is 41.2 Å². The number of H-pyrrole nitrogens is 1. The summed E-state index contributed by atoms with van der Waals surface area (Å²) in [7, 11) is 0. The van der Waals surface area contributed by atoms with Crippen LogP contribution in [0.5, 0.6) is 0 Å². The number of aromatic nitrogens is 7. The van der Waals surface area contributed by atoms with Crippen molar-refractivity contribution in [2.45, 2.75) is 52.0 Å². The van der Waals surface area contributed by atoms with Crippen molar-refractivity contribution in [1.29, 1.82) is 0 Å². The van der Waals surface area contributed by atoms with Crippen molar-refractivity contribution in [2.75, 3.05) is 0 Å². The minimum atomic E-state index is 0.0814. The summed E-state index contributed by atoms with van der Waals surface area (Å²) in [5, 5.41) is 19.0. The molecule has 33 heavy (non-hydrogen) atoms. The number of aromatic amines is 1. The first kappa shape index (κ1) is 21.2. The maximum absolute atomic E-state index is 12.9. The molecule has 1 aliphatic rings. The first-order valence-corrected chi connectivity index (χ1v) is 11.6. The van der Waals surface area contributed by atoms with E-state index in [0.717, 1.165) is 60.2 Å². The number of rotatable bonds is 7. The summed E-state index contributed by atoms with van der Waals surface area (Å²) in [5.41, 5.74) is 4.14. The molecule has 1 saturated carbocycles. The zero-order chi connectivity index (χ0) is 22.6. The van der Waals surface area contributed by atoms with Gasteiger partial charge in [-0.3, -0.25) is 4.79 Å². The SMILES string of the molecule is CCc1nc(C(=O)C2CCCCC2)nn1Cc1ccc(-c2ccccc2-c2nn[nH]n2)cc1. The highest BCUT2D eigenvalue weighted by molar-refractivity contribution is 5.94. The Morgan fingerprint density at radius 3 is 2.48 bits per heavy atom. The van der Waals surface area contributed by atoms with Gasteiger partial charge in [-0.25, -0.2) is 9.67 Å². The van der Waals surface area contributed by atoms with Gasteiger partial charge in [0, 0.05) is 17.9 Å². The fourth-order valence-electron chi connectivity index (χ4n) is 4.58. The number of nitrogens with zero attached hydrogens (tertiary/aromatic N) is 6. The maximum atomic E-state index is 12.9. The molecule has 2 aromatic carbocycles. The Labute approximate surface area is 192 Å². The molecule has 168 valence electrons. The van der Waals surface area contributed by atoms with E-state index in [2.05, 4.69) is 61.0 Å². The Morgan fingerprint density at radius 2 is 1.79 bits per heavy atom. The minimum absolute atomic E-state index is 0.0814. The van der Waals surface area contributed by atoms with E-state index >= 15 is 0 Å². The number of benzene rings is 2. The number of tetrazole rings is 1. The van der Waals surface area contributed by atoms with Crippen molar-refractivity contribution in [1.82, 2.24) is 35.4 Å². The smallest absolute Gasteiger partial charge is 0.217 e. The van der Waals surface area contributed by atoms with Gasteiger partial charge in [-0.1, -0.05) is 74.7 Å². The monoisotopic (exact) mass is 441 g/mol. The van der Waals surface area contributed by atoms with Gasteiger partial charge in [0.2, 0.25) is 17.4 Å². The van der Waals surface area contributed by atoms with Crippen molar-refractivity contribution in [3.63, 3.8) is 0 Å². The van der Waals surface area contributed by atoms with Gasteiger partial charge >= 0.3 is 0 Å². The van der Waals surface area contributed by atoms with E-state index in [1.165, 1.54) is 6.42 Å². The fourth-order valence-corrected chi connectivity index (χ4v) is 4.58. The first-order valence-electron chi connectivity index (χ1n) is 11.6. The number of carbonyl (C=O) groups excluding carboxylic acids is 1.